The molecule has 1 fully saturated rings. The standard InChI is InChI=1S/C26H28F2N6O3/c1-4-16(17-5-6-19(27)20(28)13-17)14-23(35)34-24(26(37)32(2)22-8-10-31-33(22)3)18(25(34)36)11-15-7-9-30-21(29)12-15/h5-10,12-13,16,18,24H,4,11,14H2,1-3H3,(H2,29,30)/t16-,18+,24-/m0/s1. The largest absolute Gasteiger partial charge is 0.384 e. The first-order chi connectivity index (χ1) is 17.6. The molecule has 3 atom stereocenters. The van der Waals surface area contributed by atoms with E-state index in [4.69, 9.17) is 5.73 Å². The first-order valence-electron chi connectivity index (χ1n) is 11.9. The van der Waals surface area contributed by atoms with Crippen LogP contribution in [-0.2, 0) is 27.9 Å². The zero-order valence-electron chi connectivity index (χ0n) is 20.8. The molecule has 1 aromatic carbocycles. The number of carbonyl (C=O) groups is 3. The van der Waals surface area contributed by atoms with Crippen LogP contribution >= 0.6 is 0 Å². The molecule has 3 aromatic rings. The number of hydrogen-bond acceptors (Lipinski definition) is 6. The van der Waals surface area contributed by atoms with Crippen LogP contribution in [-0.4, -0.2) is 50.5 Å². The molecule has 0 bridgehead atoms. The molecule has 37 heavy (non-hydrogen) atoms. The van der Waals surface area contributed by atoms with Gasteiger partial charge in [0.1, 0.15) is 17.7 Å². The summed E-state index contributed by atoms with van der Waals surface area (Å²) in [5, 5.41) is 4.08. The van der Waals surface area contributed by atoms with Gasteiger partial charge in [0.25, 0.3) is 5.91 Å². The Balaban J connectivity index is 1.61. The zero-order chi connectivity index (χ0) is 26.9. The number of nitrogen functional groups attached to an aromatic ring is 1. The van der Waals surface area contributed by atoms with Crippen molar-refractivity contribution in [3.63, 3.8) is 0 Å². The molecule has 9 nitrogen and oxygen atoms in total. The normalized spacial score (nSPS) is 17.9. The van der Waals surface area contributed by atoms with Crippen molar-refractivity contribution >= 4 is 29.4 Å². The van der Waals surface area contributed by atoms with Crippen molar-refractivity contribution < 1.29 is 23.2 Å². The van der Waals surface area contributed by atoms with Crippen molar-refractivity contribution in [1.82, 2.24) is 19.7 Å². The summed E-state index contributed by atoms with van der Waals surface area (Å²) in [5.74, 6) is -3.92. The predicted molar refractivity (Wildman–Crippen MR) is 132 cm³/mol. The maximum atomic E-state index is 13.8. The van der Waals surface area contributed by atoms with Crippen LogP contribution in [0.1, 0.15) is 36.8 Å². The molecule has 3 amide bonds. The van der Waals surface area contributed by atoms with Gasteiger partial charge >= 0.3 is 0 Å². The molecule has 0 unspecified atom stereocenters. The number of amides is 3. The molecular formula is C26H28F2N6O3. The van der Waals surface area contributed by atoms with Gasteiger partial charge in [0.15, 0.2) is 11.6 Å². The van der Waals surface area contributed by atoms with Crippen LogP contribution in [0, 0.1) is 17.6 Å². The Bertz CT molecular complexity index is 1340. The third-order valence-corrected chi connectivity index (χ3v) is 6.83. The molecular weight excluding hydrogens is 482 g/mol. The number of anilines is 2. The molecule has 2 N–H and O–H groups in total. The minimum Gasteiger partial charge on any atom is -0.384 e. The van der Waals surface area contributed by atoms with E-state index in [1.807, 2.05) is 6.92 Å². The maximum absolute atomic E-state index is 13.8. The van der Waals surface area contributed by atoms with Gasteiger partial charge in [-0.3, -0.25) is 28.9 Å². The second kappa shape index (κ2) is 10.5. The van der Waals surface area contributed by atoms with Crippen LogP contribution in [0.25, 0.3) is 0 Å². The van der Waals surface area contributed by atoms with Gasteiger partial charge in [-0.05, 0) is 54.2 Å². The van der Waals surface area contributed by atoms with E-state index in [9.17, 15) is 23.2 Å². The maximum Gasteiger partial charge on any atom is 0.252 e. The molecule has 0 radical (unpaired) electrons. The summed E-state index contributed by atoms with van der Waals surface area (Å²) in [5.41, 5.74) is 6.94. The summed E-state index contributed by atoms with van der Waals surface area (Å²) in [6.07, 6.45) is 3.57. The number of halogens is 2. The van der Waals surface area contributed by atoms with Gasteiger partial charge in [-0.1, -0.05) is 13.0 Å². The number of imide groups is 1. The van der Waals surface area contributed by atoms with E-state index in [-0.39, 0.29) is 18.7 Å². The second-order valence-corrected chi connectivity index (χ2v) is 9.14. The van der Waals surface area contributed by atoms with Crippen LogP contribution in [0.2, 0.25) is 0 Å². The van der Waals surface area contributed by atoms with Crippen LogP contribution in [0.5, 0.6) is 0 Å². The topological polar surface area (TPSA) is 114 Å². The molecule has 2 aromatic heterocycles. The highest BCUT2D eigenvalue weighted by molar-refractivity contribution is 6.12. The van der Waals surface area contributed by atoms with Gasteiger partial charge in [0.2, 0.25) is 11.8 Å². The molecule has 194 valence electrons. The summed E-state index contributed by atoms with van der Waals surface area (Å²) < 4.78 is 28.8. The van der Waals surface area contributed by atoms with Crippen molar-refractivity contribution in [3.8, 4) is 0 Å². The highest BCUT2D eigenvalue weighted by Crippen LogP contribution is 2.35. The predicted octanol–water partition coefficient (Wildman–Crippen LogP) is 2.82. The Morgan fingerprint density at radius 2 is 1.89 bits per heavy atom. The molecule has 3 heterocycles. The lowest BCUT2D eigenvalue weighted by Crippen LogP contribution is -2.69. The van der Waals surface area contributed by atoms with E-state index >= 15 is 0 Å². The molecule has 0 saturated carbocycles. The van der Waals surface area contributed by atoms with Crippen molar-refractivity contribution in [2.75, 3.05) is 17.7 Å². The lowest BCUT2D eigenvalue weighted by Gasteiger charge is -2.46. The van der Waals surface area contributed by atoms with Gasteiger partial charge in [-0.15, -0.1) is 0 Å². The number of likely N-dealkylation sites (tertiary alicyclic amines) is 1. The lowest BCUT2D eigenvalue weighted by atomic mass is 9.80. The van der Waals surface area contributed by atoms with Gasteiger partial charge in [-0.25, -0.2) is 13.8 Å². The number of carbonyl (C=O) groups excluding carboxylic acids is 3. The average Bonchev–Trinajstić information content (AvgIpc) is 3.30. The molecule has 11 heteroatoms. The molecule has 0 spiro atoms. The fourth-order valence-corrected chi connectivity index (χ4v) is 4.76. The Morgan fingerprint density at radius 3 is 2.51 bits per heavy atom. The summed E-state index contributed by atoms with van der Waals surface area (Å²) >= 11 is 0. The number of hydrogen-bond donors (Lipinski definition) is 1. The first kappa shape index (κ1) is 25.9. The fraction of sp³-hybridized carbons (Fsp3) is 0.346. The number of likely N-dealkylation sites (N-methyl/N-ethyl adjacent to an activating group) is 1. The van der Waals surface area contributed by atoms with E-state index in [0.29, 0.717) is 23.4 Å². The van der Waals surface area contributed by atoms with E-state index in [1.165, 1.54) is 21.8 Å². The van der Waals surface area contributed by atoms with Gasteiger partial charge in [0, 0.05) is 32.8 Å². The van der Waals surface area contributed by atoms with Crippen LogP contribution in [0.15, 0.2) is 48.8 Å². The molecule has 0 aliphatic carbocycles. The van der Waals surface area contributed by atoms with Gasteiger partial charge < -0.3 is 5.73 Å². The average molecular weight is 511 g/mol. The van der Waals surface area contributed by atoms with Crippen LogP contribution in [0.3, 0.4) is 0 Å². The Hall–Kier alpha value is -4.15. The smallest absolute Gasteiger partial charge is 0.252 e. The van der Waals surface area contributed by atoms with Crippen molar-refractivity contribution in [1.29, 1.82) is 0 Å². The highest BCUT2D eigenvalue weighted by atomic mass is 19.2. The molecule has 1 aliphatic heterocycles. The third kappa shape index (κ3) is 5.07. The summed E-state index contributed by atoms with van der Waals surface area (Å²) in [6, 6.07) is 7.43. The lowest BCUT2D eigenvalue weighted by molar-refractivity contribution is -0.170. The first-order valence-corrected chi connectivity index (χ1v) is 11.9. The number of β-lactam (4-membered cyclic amide) rings is 1. The monoisotopic (exact) mass is 510 g/mol. The van der Waals surface area contributed by atoms with Crippen LogP contribution < -0.4 is 10.6 Å². The quantitative estimate of drug-likeness (QED) is 0.466. The number of aryl methyl sites for hydroxylation is 1. The number of pyridine rings is 1. The number of aromatic nitrogens is 3. The Labute approximate surface area is 212 Å². The molecule has 1 saturated heterocycles. The van der Waals surface area contributed by atoms with E-state index in [2.05, 4.69) is 10.1 Å². The summed E-state index contributed by atoms with van der Waals surface area (Å²) in [4.78, 5) is 46.6. The number of rotatable bonds is 8. The number of nitrogens with zero attached hydrogens (tertiary/aromatic N) is 5. The Morgan fingerprint density at radius 1 is 1.14 bits per heavy atom. The fourth-order valence-electron chi connectivity index (χ4n) is 4.76. The van der Waals surface area contributed by atoms with Crippen molar-refractivity contribution in [2.45, 2.75) is 38.1 Å². The minimum absolute atomic E-state index is 0.137. The summed E-state index contributed by atoms with van der Waals surface area (Å²) in [7, 11) is 3.24. The van der Waals surface area contributed by atoms with E-state index in [1.54, 1.807) is 38.5 Å². The summed E-state index contributed by atoms with van der Waals surface area (Å²) in [6.45, 7) is 1.81. The second-order valence-electron chi connectivity index (χ2n) is 9.14. The Kier molecular flexibility index (Phi) is 7.33. The van der Waals surface area contributed by atoms with Crippen LogP contribution in [0.4, 0.5) is 20.4 Å². The van der Waals surface area contributed by atoms with Crippen molar-refractivity contribution in [3.05, 3.63) is 71.6 Å². The van der Waals surface area contributed by atoms with E-state index < -0.39 is 47.2 Å². The highest BCUT2D eigenvalue weighted by Gasteiger charge is 2.55. The molecule has 1 aliphatic rings. The van der Waals surface area contributed by atoms with Gasteiger partial charge in [0.05, 0.1) is 12.1 Å². The third-order valence-electron chi connectivity index (χ3n) is 6.83. The van der Waals surface area contributed by atoms with E-state index in [0.717, 1.165) is 17.0 Å². The number of benzene rings is 1. The number of nitrogens with two attached hydrogens (primary N) is 1. The zero-order valence-corrected chi connectivity index (χ0v) is 20.8. The van der Waals surface area contributed by atoms with Crippen molar-refractivity contribution in [2.24, 2.45) is 13.0 Å². The van der Waals surface area contributed by atoms with Gasteiger partial charge in [-0.2, -0.15) is 5.10 Å². The molecule has 4 rings (SSSR count). The minimum atomic E-state index is -1.04. The SMILES string of the molecule is CC[C@@H](CC(=O)N1C(=O)[C@H](Cc2ccnc(N)c2)[C@H]1C(=O)N(C)c1ccnn1C)c1ccc(F)c(F)c1.